The molecule has 2 fully saturated rings. The van der Waals surface area contributed by atoms with Gasteiger partial charge < -0.3 is 10.0 Å². The van der Waals surface area contributed by atoms with E-state index in [1.807, 2.05) is 0 Å². The second-order valence-corrected chi connectivity index (χ2v) is 6.85. The average molecular weight is 225 g/mol. The molecule has 0 aromatic rings. The third-order valence-corrected chi connectivity index (χ3v) is 4.42. The Morgan fingerprint density at radius 3 is 2.12 bits per heavy atom. The van der Waals surface area contributed by atoms with Gasteiger partial charge in [-0.05, 0) is 56.0 Å². The highest BCUT2D eigenvalue weighted by Crippen LogP contribution is 2.36. The zero-order chi connectivity index (χ0) is 11.8. The predicted octanol–water partition coefficient (Wildman–Crippen LogP) is 2.52. The van der Waals surface area contributed by atoms with E-state index in [2.05, 4.69) is 25.7 Å². The predicted molar refractivity (Wildman–Crippen MR) is 67.3 cm³/mol. The minimum absolute atomic E-state index is 0.0498. The van der Waals surface area contributed by atoms with E-state index < -0.39 is 0 Å². The maximum atomic E-state index is 9.93. The van der Waals surface area contributed by atoms with Gasteiger partial charge in [-0.25, -0.2) is 0 Å². The molecule has 0 amide bonds. The fourth-order valence-electron chi connectivity index (χ4n) is 2.88. The molecule has 1 N–H and O–H groups in total. The van der Waals surface area contributed by atoms with Gasteiger partial charge in [0.25, 0.3) is 0 Å². The number of piperidine rings is 1. The van der Waals surface area contributed by atoms with Crippen LogP contribution in [0.3, 0.4) is 0 Å². The van der Waals surface area contributed by atoms with Crippen molar-refractivity contribution in [1.82, 2.24) is 4.90 Å². The van der Waals surface area contributed by atoms with Crippen LogP contribution in [0.2, 0.25) is 0 Å². The first-order chi connectivity index (χ1) is 7.47. The van der Waals surface area contributed by atoms with Gasteiger partial charge >= 0.3 is 0 Å². The Bertz CT molecular complexity index is 221. The summed E-state index contributed by atoms with van der Waals surface area (Å²) < 4.78 is 0. The van der Waals surface area contributed by atoms with Crippen molar-refractivity contribution >= 4 is 0 Å². The molecule has 1 saturated heterocycles. The SMILES string of the molecule is CC(C)(C)C1CCN(CC(O)C2CC2)CC1. The van der Waals surface area contributed by atoms with Crippen LogP contribution in [0.15, 0.2) is 0 Å². The van der Waals surface area contributed by atoms with Crippen LogP contribution in [-0.2, 0) is 0 Å². The number of aliphatic hydroxyl groups is 1. The van der Waals surface area contributed by atoms with E-state index in [1.54, 1.807) is 0 Å². The van der Waals surface area contributed by atoms with E-state index in [4.69, 9.17) is 0 Å². The van der Waals surface area contributed by atoms with Crippen molar-refractivity contribution in [1.29, 1.82) is 0 Å². The molecule has 2 aliphatic rings. The Labute approximate surface area is 100 Å². The van der Waals surface area contributed by atoms with Crippen molar-refractivity contribution in [2.24, 2.45) is 17.3 Å². The largest absolute Gasteiger partial charge is 0.392 e. The second-order valence-electron chi connectivity index (χ2n) is 6.85. The molecule has 1 unspecified atom stereocenters. The quantitative estimate of drug-likeness (QED) is 0.798. The maximum absolute atomic E-state index is 9.93. The van der Waals surface area contributed by atoms with E-state index in [-0.39, 0.29) is 6.10 Å². The van der Waals surface area contributed by atoms with Crippen molar-refractivity contribution in [2.75, 3.05) is 19.6 Å². The van der Waals surface area contributed by atoms with Crippen molar-refractivity contribution in [3.05, 3.63) is 0 Å². The monoisotopic (exact) mass is 225 g/mol. The fraction of sp³-hybridized carbons (Fsp3) is 1.00. The number of aliphatic hydroxyl groups excluding tert-OH is 1. The molecule has 0 spiro atoms. The van der Waals surface area contributed by atoms with Gasteiger partial charge in [0.1, 0.15) is 0 Å². The van der Waals surface area contributed by atoms with Gasteiger partial charge in [-0.2, -0.15) is 0 Å². The first-order valence-corrected chi connectivity index (χ1v) is 6.87. The highest BCUT2D eigenvalue weighted by atomic mass is 16.3. The summed E-state index contributed by atoms with van der Waals surface area (Å²) in [7, 11) is 0. The van der Waals surface area contributed by atoms with Crippen LogP contribution in [-0.4, -0.2) is 35.7 Å². The molecule has 2 rings (SSSR count). The Balaban J connectivity index is 1.72. The van der Waals surface area contributed by atoms with Gasteiger partial charge in [-0.15, -0.1) is 0 Å². The number of hydrogen-bond donors (Lipinski definition) is 1. The molecule has 16 heavy (non-hydrogen) atoms. The molecular formula is C14H27NO. The Morgan fingerprint density at radius 2 is 1.69 bits per heavy atom. The minimum Gasteiger partial charge on any atom is -0.392 e. The normalized spacial score (nSPS) is 27.0. The number of hydrogen-bond acceptors (Lipinski definition) is 2. The molecule has 94 valence electrons. The summed E-state index contributed by atoms with van der Waals surface area (Å²) >= 11 is 0. The third kappa shape index (κ3) is 3.21. The Kier molecular flexibility index (Phi) is 3.60. The second kappa shape index (κ2) is 4.66. The first-order valence-electron chi connectivity index (χ1n) is 6.87. The zero-order valence-electron chi connectivity index (χ0n) is 11.1. The molecule has 1 aliphatic heterocycles. The lowest BCUT2D eigenvalue weighted by Gasteiger charge is -2.39. The van der Waals surface area contributed by atoms with E-state index in [9.17, 15) is 5.11 Å². The summed E-state index contributed by atoms with van der Waals surface area (Å²) in [6, 6.07) is 0. The molecule has 2 heteroatoms. The van der Waals surface area contributed by atoms with Gasteiger partial charge in [0.2, 0.25) is 0 Å². The number of nitrogens with zero attached hydrogens (tertiary/aromatic N) is 1. The summed E-state index contributed by atoms with van der Waals surface area (Å²) in [5.74, 6) is 1.49. The average Bonchev–Trinajstić information content (AvgIpc) is 3.00. The zero-order valence-corrected chi connectivity index (χ0v) is 11.1. The molecule has 1 aliphatic carbocycles. The van der Waals surface area contributed by atoms with Crippen LogP contribution in [0.1, 0.15) is 46.5 Å². The fourth-order valence-corrected chi connectivity index (χ4v) is 2.88. The third-order valence-electron chi connectivity index (χ3n) is 4.42. The van der Waals surface area contributed by atoms with Crippen LogP contribution < -0.4 is 0 Å². The highest BCUT2D eigenvalue weighted by Gasteiger charge is 2.33. The Hall–Kier alpha value is -0.0800. The molecule has 2 nitrogen and oxygen atoms in total. The van der Waals surface area contributed by atoms with E-state index in [0.29, 0.717) is 11.3 Å². The van der Waals surface area contributed by atoms with Crippen molar-refractivity contribution in [3.8, 4) is 0 Å². The van der Waals surface area contributed by atoms with Gasteiger partial charge in [-0.1, -0.05) is 20.8 Å². The lowest BCUT2D eigenvalue weighted by Crippen LogP contribution is -2.42. The van der Waals surface area contributed by atoms with Crippen LogP contribution in [0.4, 0.5) is 0 Å². The van der Waals surface area contributed by atoms with E-state index in [0.717, 1.165) is 12.5 Å². The summed E-state index contributed by atoms with van der Waals surface area (Å²) in [4.78, 5) is 2.46. The van der Waals surface area contributed by atoms with Crippen molar-refractivity contribution in [3.63, 3.8) is 0 Å². The molecule has 0 aromatic carbocycles. The van der Waals surface area contributed by atoms with Crippen LogP contribution in [0.25, 0.3) is 0 Å². The molecule has 0 bridgehead atoms. The molecule has 0 radical (unpaired) electrons. The lowest BCUT2D eigenvalue weighted by molar-refractivity contribution is 0.0564. The van der Waals surface area contributed by atoms with Crippen molar-refractivity contribution in [2.45, 2.75) is 52.6 Å². The van der Waals surface area contributed by atoms with Crippen LogP contribution >= 0.6 is 0 Å². The number of rotatable bonds is 3. The molecular weight excluding hydrogens is 198 g/mol. The summed E-state index contributed by atoms with van der Waals surface area (Å²) in [6.45, 7) is 10.4. The van der Waals surface area contributed by atoms with Gasteiger partial charge in [-0.3, -0.25) is 0 Å². The van der Waals surface area contributed by atoms with Gasteiger partial charge in [0.05, 0.1) is 6.10 Å². The maximum Gasteiger partial charge on any atom is 0.0695 e. The molecule has 1 heterocycles. The van der Waals surface area contributed by atoms with Gasteiger partial charge in [0, 0.05) is 6.54 Å². The number of β-amino-alcohol motifs (C(OH)–C–C–N with tert-alkyl or cyclic N) is 1. The first kappa shape index (κ1) is 12.4. The van der Waals surface area contributed by atoms with E-state index in [1.165, 1.54) is 38.8 Å². The van der Waals surface area contributed by atoms with E-state index >= 15 is 0 Å². The van der Waals surface area contributed by atoms with Crippen molar-refractivity contribution < 1.29 is 5.11 Å². The molecule has 1 atom stereocenters. The van der Waals surface area contributed by atoms with Gasteiger partial charge in [0.15, 0.2) is 0 Å². The smallest absolute Gasteiger partial charge is 0.0695 e. The summed E-state index contributed by atoms with van der Waals surface area (Å²) in [6.07, 6.45) is 5.06. The summed E-state index contributed by atoms with van der Waals surface area (Å²) in [5.41, 5.74) is 0.460. The minimum atomic E-state index is -0.0498. The standard InChI is InChI=1S/C14H27NO/c1-14(2,3)12-6-8-15(9-7-12)10-13(16)11-4-5-11/h11-13,16H,4-10H2,1-3H3. The lowest BCUT2D eigenvalue weighted by atomic mass is 9.75. The van der Waals surface area contributed by atoms with Crippen LogP contribution in [0, 0.1) is 17.3 Å². The Morgan fingerprint density at radius 1 is 1.12 bits per heavy atom. The topological polar surface area (TPSA) is 23.5 Å². The summed E-state index contributed by atoms with van der Waals surface area (Å²) in [5, 5.41) is 9.93. The molecule has 1 saturated carbocycles. The number of likely N-dealkylation sites (tertiary alicyclic amines) is 1. The van der Waals surface area contributed by atoms with Crippen LogP contribution in [0.5, 0.6) is 0 Å². The highest BCUT2D eigenvalue weighted by molar-refractivity contribution is 4.86. The molecule has 0 aromatic heterocycles.